The van der Waals surface area contributed by atoms with Crippen LogP contribution in [0.25, 0.3) is 6.08 Å². The standard InChI is InChI=1S/C18H18N2O5/c1-24-15-7-9-16(10-8-15)25-13-12-19-18(21)11-6-14-4-2-3-5-17(14)20(22)23/h2-11H,12-13H2,1H3,(H,19,21)/b11-6+. The zero-order chi connectivity index (χ0) is 18.1. The number of para-hydroxylation sites is 1. The van der Waals surface area contributed by atoms with Gasteiger partial charge >= 0.3 is 0 Å². The summed E-state index contributed by atoms with van der Waals surface area (Å²) < 4.78 is 10.5. The van der Waals surface area contributed by atoms with Crippen molar-refractivity contribution in [2.45, 2.75) is 0 Å². The smallest absolute Gasteiger partial charge is 0.276 e. The maximum Gasteiger partial charge on any atom is 0.276 e. The topological polar surface area (TPSA) is 90.7 Å². The maximum absolute atomic E-state index is 11.8. The molecule has 25 heavy (non-hydrogen) atoms. The Labute approximate surface area is 145 Å². The van der Waals surface area contributed by atoms with Crippen LogP contribution >= 0.6 is 0 Å². The number of nitrogens with one attached hydrogen (secondary N) is 1. The van der Waals surface area contributed by atoms with Crippen molar-refractivity contribution in [1.29, 1.82) is 0 Å². The summed E-state index contributed by atoms with van der Waals surface area (Å²) in [6.45, 7) is 0.615. The lowest BCUT2D eigenvalue weighted by Gasteiger charge is -2.07. The molecule has 7 heteroatoms. The van der Waals surface area contributed by atoms with Crippen LogP contribution in [0.5, 0.6) is 11.5 Å². The summed E-state index contributed by atoms with van der Waals surface area (Å²) in [7, 11) is 1.59. The molecule has 0 bridgehead atoms. The van der Waals surface area contributed by atoms with E-state index < -0.39 is 4.92 Å². The number of benzene rings is 2. The number of nitro groups is 1. The predicted octanol–water partition coefficient (Wildman–Crippen LogP) is 2.81. The number of hydrogen-bond donors (Lipinski definition) is 1. The molecule has 0 radical (unpaired) electrons. The molecule has 0 spiro atoms. The van der Waals surface area contributed by atoms with Gasteiger partial charge in [-0.3, -0.25) is 14.9 Å². The quantitative estimate of drug-likeness (QED) is 0.345. The van der Waals surface area contributed by atoms with Gasteiger partial charge in [-0.25, -0.2) is 0 Å². The van der Waals surface area contributed by atoms with Gasteiger partial charge in [-0.1, -0.05) is 12.1 Å². The third kappa shape index (κ3) is 5.65. The first-order valence-corrected chi connectivity index (χ1v) is 7.56. The number of nitro benzene ring substituents is 1. The summed E-state index contributed by atoms with van der Waals surface area (Å²) in [4.78, 5) is 22.2. The average molecular weight is 342 g/mol. The third-order valence-corrected chi connectivity index (χ3v) is 3.28. The first kappa shape index (κ1) is 18.0. The van der Waals surface area contributed by atoms with Gasteiger partial charge in [0.2, 0.25) is 5.91 Å². The second-order valence-corrected chi connectivity index (χ2v) is 4.96. The van der Waals surface area contributed by atoms with E-state index in [1.54, 1.807) is 49.6 Å². The number of methoxy groups -OCH3 is 1. The van der Waals surface area contributed by atoms with Gasteiger partial charge < -0.3 is 14.8 Å². The SMILES string of the molecule is COc1ccc(OCCNC(=O)/C=C/c2ccccc2[N+](=O)[O-])cc1. The second-order valence-electron chi connectivity index (χ2n) is 4.96. The number of carbonyl (C=O) groups is 1. The van der Waals surface area contributed by atoms with Gasteiger partial charge in [-0.15, -0.1) is 0 Å². The van der Waals surface area contributed by atoms with E-state index in [-0.39, 0.29) is 11.6 Å². The summed E-state index contributed by atoms with van der Waals surface area (Å²) >= 11 is 0. The monoisotopic (exact) mass is 342 g/mol. The van der Waals surface area contributed by atoms with Crippen molar-refractivity contribution < 1.29 is 19.2 Å². The molecule has 0 aliphatic carbocycles. The Bertz CT molecular complexity index is 756. The van der Waals surface area contributed by atoms with E-state index in [0.717, 1.165) is 5.75 Å². The predicted molar refractivity (Wildman–Crippen MR) is 93.6 cm³/mol. The van der Waals surface area contributed by atoms with Crippen molar-refractivity contribution >= 4 is 17.7 Å². The Morgan fingerprint density at radius 2 is 1.84 bits per heavy atom. The van der Waals surface area contributed by atoms with Crippen molar-refractivity contribution in [3.8, 4) is 11.5 Å². The molecule has 130 valence electrons. The zero-order valence-corrected chi connectivity index (χ0v) is 13.7. The molecule has 2 aromatic rings. The minimum Gasteiger partial charge on any atom is -0.497 e. The largest absolute Gasteiger partial charge is 0.497 e. The summed E-state index contributed by atoms with van der Waals surface area (Å²) in [5, 5.41) is 13.5. The molecule has 0 aliphatic heterocycles. The van der Waals surface area contributed by atoms with Crippen LogP contribution in [0.15, 0.2) is 54.6 Å². The first-order chi connectivity index (χ1) is 12.1. The molecule has 0 atom stereocenters. The molecule has 0 aliphatic rings. The number of hydrogen-bond acceptors (Lipinski definition) is 5. The molecule has 1 N–H and O–H groups in total. The highest BCUT2D eigenvalue weighted by Crippen LogP contribution is 2.19. The van der Waals surface area contributed by atoms with Crippen LogP contribution in [0.3, 0.4) is 0 Å². The molecule has 0 unspecified atom stereocenters. The van der Waals surface area contributed by atoms with E-state index in [2.05, 4.69) is 5.32 Å². The molecular formula is C18H18N2O5. The van der Waals surface area contributed by atoms with Crippen LogP contribution in [0.4, 0.5) is 5.69 Å². The summed E-state index contributed by atoms with van der Waals surface area (Å²) in [6, 6.07) is 13.3. The van der Waals surface area contributed by atoms with Crippen LogP contribution in [-0.4, -0.2) is 31.1 Å². The van der Waals surface area contributed by atoms with Gasteiger partial charge in [-0.2, -0.15) is 0 Å². The van der Waals surface area contributed by atoms with Crippen molar-refractivity contribution in [2.75, 3.05) is 20.3 Å². The lowest BCUT2D eigenvalue weighted by atomic mass is 10.1. The number of rotatable bonds is 8. The van der Waals surface area contributed by atoms with E-state index in [1.807, 2.05) is 0 Å². The normalized spacial score (nSPS) is 10.4. The lowest BCUT2D eigenvalue weighted by molar-refractivity contribution is -0.385. The van der Waals surface area contributed by atoms with Crippen molar-refractivity contribution in [2.24, 2.45) is 0 Å². The van der Waals surface area contributed by atoms with Crippen LogP contribution in [0, 0.1) is 10.1 Å². The maximum atomic E-state index is 11.8. The van der Waals surface area contributed by atoms with E-state index in [0.29, 0.717) is 24.5 Å². The molecule has 0 heterocycles. The minimum atomic E-state index is -0.486. The fraction of sp³-hybridized carbons (Fsp3) is 0.167. The van der Waals surface area contributed by atoms with Gasteiger partial charge in [-0.05, 0) is 36.4 Å². The Kier molecular flexibility index (Phi) is 6.53. The summed E-state index contributed by atoms with van der Waals surface area (Å²) in [6.07, 6.45) is 2.67. The highest BCUT2D eigenvalue weighted by Gasteiger charge is 2.09. The van der Waals surface area contributed by atoms with Crippen molar-refractivity contribution in [3.63, 3.8) is 0 Å². The number of amides is 1. The Morgan fingerprint density at radius 3 is 2.52 bits per heavy atom. The molecule has 1 amide bonds. The van der Waals surface area contributed by atoms with Crippen LogP contribution in [0.1, 0.15) is 5.56 Å². The number of ether oxygens (including phenoxy) is 2. The highest BCUT2D eigenvalue weighted by molar-refractivity contribution is 5.92. The van der Waals surface area contributed by atoms with E-state index in [1.165, 1.54) is 18.2 Å². The number of nitrogens with zero attached hydrogens (tertiary/aromatic N) is 1. The van der Waals surface area contributed by atoms with E-state index in [9.17, 15) is 14.9 Å². The molecule has 2 aromatic carbocycles. The Hall–Kier alpha value is -3.35. The van der Waals surface area contributed by atoms with Crippen LogP contribution in [-0.2, 0) is 4.79 Å². The fourth-order valence-electron chi connectivity index (χ4n) is 2.03. The minimum absolute atomic E-state index is 0.0469. The molecule has 0 fully saturated rings. The van der Waals surface area contributed by atoms with Gasteiger partial charge in [0, 0.05) is 12.1 Å². The molecule has 7 nitrogen and oxygen atoms in total. The van der Waals surface area contributed by atoms with Gasteiger partial charge in [0.05, 0.1) is 24.1 Å². The third-order valence-electron chi connectivity index (χ3n) is 3.28. The number of carbonyl (C=O) groups excluding carboxylic acids is 1. The lowest BCUT2D eigenvalue weighted by Crippen LogP contribution is -2.26. The fourth-order valence-corrected chi connectivity index (χ4v) is 2.03. The molecular weight excluding hydrogens is 324 g/mol. The summed E-state index contributed by atoms with van der Waals surface area (Å²) in [5.74, 6) is 1.06. The van der Waals surface area contributed by atoms with Crippen molar-refractivity contribution in [3.05, 3.63) is 70.3 Å². The zero-order valence-electron chi connectivity index (χ0n) is 13.7. The van der Waals surface area contributed by atoms with Gasteiger partial charge in [0.15, 0.2) is 0 Å². The van der Waals surface area contributed by atoms with Gasteiger partial charge in [0.1, 0.15) is 18.1 Å². The second kappa shape index (κ2) is 9.07. The van der Waals surface area contributed by atoms with Crippen LogP contribution < -0.4 is 14.8 Å². The highest BCUT2D eigenvalue weighted by atomic mass is 16.6. The first-order valence-electron chi connectivity index (χ1n) is 7.56. The molecule has 0 aromatic heterocycles. The molecule has 0 saturated heterocycles. The van der Waals surface area contributed by atoms with Crippen LogP contribution in [0.2, 0.25) is 0 Å². The van der Waals surface area contributed by atoms with Crippen molar-refractivity contribution in [1.82, 2.24) is 5.32 Å². The van der Waals surface area contributed by atoms with E-state index in [4.69, 9.17) is 9.47 Å². The average Bonchev–Trinajstić information content (AvgIpc) is 2.64. The Balaban J connectivity index is 1.78. The van der Waals surface area contributed by atoms with E-state index >= 15 is 0 Å². The van der Waals surface area contributed by atoms with Gasteiger partial charge in [0.25, 0.3) is 5.69 Å². The Morgan fingerprint density at radius 1 is 1.16 bits per heavy atom. The molecule has 2 rings (SSSR count). The summed E-state index contributed by atoms with van der Waals surface area (Å²) in [5.41, 5.74) is 0.325. The molecule has 0 saturated carbocycles.